The van der Waals surface area contributed by atoms with Crippen molar-refractivity contribution >= 4 is 11.9 Å². The number of hydrogen-bond donors (Lipinski definition) is 1. The van der Waals surface area contributed by atoms with E-state index in [1.54, 1.807) is 0 Å². The third-order valence-electron chi connectivity index (χ3n) is 6.49. The number of carbonyl (C=O) groups excluding carboxylic acids is 2. The van der Waals surface area contributed by atoms with Crippen molar-refractivity contribution in [3.8, 4) is 0 Å². The van der Waals surface area contributed by atoms with E-state index in [0.717, 1.165) is 32.1 Å². The zero-order chi connectivity index (χ0) is 23.6. The summed E-state index contributed by atoms with van der Waals surface area (Å²) in [6.07, 6.45) is 17.7. The highest BCUT2D eigenvalue weighted by molar-refractivity contribution is 5.78. The van der Waals surface area contributed by atoms with Crippen molar-refractivity contribution in [3.05, 3.63) is 0 Å². The van der Waals surface area contributed by atoms with Gasteiger partial charge in [0.05, 0.1) is 18.4 Å². The third kappa shape index (κ3) is 12.8. The van der Waals surface area contributed by atoms with Gasteiger partial charge in [0.1, 0.15) is 6.10 Å². The first-order valence-corrected chi connectivity index (χ1v) is 13.2. The number of amides is 1. The topological polar surface area (TPSA) is 87.9 Å². The molecule has 0 unspecified atom stereocenters. The van der Waals surface area contributed by atoms with Crippen LogP contribution in [0.2, 0.25) is 0 Å². The maximum Gasteiger partial charge on any atom is 0.313 e. The van der Waals surface area contributed by atoms with Crippen molar-refractivity contribution in [3.63, 3.8) is 0 Å². The quantitative estimate of drug-likeness (QED) is 0.122. The van der Waals surface area contributed by atoms with Gasteiger partial charge >= 0.3 is 5.97 Å². The Morgan fingerprint density at radius 3 is 2.03 bits per heavy atom. The van der Waals surface area contributed by atoms with E-state index in [1.807, 2.05) is 0 Å². The molecule has 1 aliphatic heterocycles. The van der Waals surface area contributed by atoms with E-state index < -0.39 is 12.2 Å². The zero-order valence-corrected chi connectivity index (χ0v) is 20.9. The van der Waals surface area contributed by atoms with Crippen LogP contribution in [0.5, 0.6) is 0 Å². The minimum atomic E-state index is -0.644. The van der Waals surface area contributed by atoms with Gasteiger partial charge in [0, 0.05) is 13.5 Å². The molecule has 1 saturated heterocycles. The molecular weight excluding hydrogens is 406 g/mol. The molecule has 2 N–H and O–H groups in total. The molecule has 0 aliphatic carbocycles. The lowest BCUT2D eigenvalue weighted by molar-refractivity contribution is -0.200. The van der Waals surface area contributed by atoms with Crippen LogP contribution in [0.25, 0.3) is 0 Å². The Morgan fingerprint density at radius 1 is 0.938 bits per heavy atom. The molecule has 1 aliphatic rings. The van der Waals surface area contributed by atoms with Gasteiger partial charge in [0.15, 0.2) is 6.29 Å². The second-order valence-electron chi connectivity index (χ2n) is 9.38. The van der Waals surface area contributed by atoms with E-state index in [2.05, 4.69) is 13.8 Å². The average Bonchev–Trinajstić information content (AvgIpc) is 2.76. The highest BCUT2D eigenvalue weighted by Crippen LogP contribution is 2.33. The Balaban J connectivity index is 2.44. The SMILES string of the molecule is CCCCCCCCCCC[C@@H](C[C@@H]1OC(=O)[C@H]1CCCCCC)O[C@H](CC(N)=O)OC. The van der Waals surface area contributed by atoms with Crippen LogP contribution in [0.1, 0.15) is 123 Å². The number of rotatable bonds is 22. The summed E-state index contributed by atoms with van der Waals surface area (Å²) in [4.78, 5) is 23.3. The van der Waals surface area contributed by atoms with E-state index in [9.17, 15) is 9.59 Å². The summed E-state index contributed by atoms with van der Waals surface area (Å²) in [5.74, 6) is -0.533. The molecule has 1 rings (SSSR count). The van der Waals surface area contributed by atoms with E-state index in [-0.39, 0.29) is 30.5 Å². The van der Waals surface area contributed by atoms with Crippen molar-refractivity contribution in [2.24, 2.45) is 11.7 Å². The summed E-state index contributed by atoms with van der Waals surface area (Å²) in [5.41, 5.74) is 5.33. The molecule has 4 atom stereocenters. The first-order valence-electron chi connectivity index (χ1n) is 13.2. The smallest absolute Gasteiger partial charge is 0.313 e. The predicted molar refractivity (Wildman–Crippen MR) is 128 cm³/mol. The fraction of sp³-hybridized carbons (Fsp3) is 0.923. The molecule has 0 aromatic heterocycles. The first kappa shape index (κ1) is 28.9. The molecule has 32 heavy (non-hydrogen) atoms. The Morgan fingerprint density at radius 2 is 1.50 bits per heavy atom. The summed E-state index contributed by atoms with van der Waals surface area (Å²) in [6, 6.07) is 0. The molecule has 0 spiro atoms. The molecule has 188 valence electrons. The maximum atomic E-state index is 12.0. The Hall–Kier alpha value is -1.14. The van der Waals surface area contributed by atoms with Crippen molar-refractivity contribution in [2.45, 2.75) is 141 Å². The number of methoxy groups -OCH3 is 1. The number of nitrogens with two attached hydrogens (primary N) is 1. The number of carbonyl (C=O) groups is 2. The predicted octanol–water partition coefficient (Wildman–Crippen LogP) is 6.04. The molecule has 0 radical (unpaired) electrons. The number of unbranched alkanes of at least 4 members (excludes halogenated alkanes) is 11. The van der Waals surface area contributed by atoms with Gasteiger partial charge in [-0.1, -0.05) is 97.3 Å². The number of hydrogen-bond acceptors (Lipinski definition) is 5. The fourth-order valence-corrected chi connectivity index (χ4v) is 4.45. The fourth-order valence-electron chi connectivity index (χ4n) is 4.45. The summed E-state index contributed by atoms with van der Waals surface area (Å²) in [6.45, 7) is 4.43. The molecule has 1 fully saturated rings. The van der Waals surface area contributed by atoms with Crippen molar-refractivity contribution in [2.75, 3.05) is 7.11 Å². The van der Waals surface area contributed by atoms with Gasteiger partial charge in [0.25, 0.3) is 0 Å². The summed E-state index contributed by atoms with van der Waals surface area (Å²) in [7, 11) is 1.53. The van der Waals surface area contributed by atoms with Gasteiger partial charge in [-0.3, -0.25) is 9.59 Å². The van der Waals surface area contributed by atoms with Gasteiger partial charge < -0.3 is 19.9 Å². The van der Waals surface area contributed by atoms with Crippen molar-refractivity contribution in [1.82, 2.24) is 0 Å². The number of cyclic esters (lactones) is 1. The molecule has 0 aromatic carbocycles. The molecule has 0 saturated carbocycles. The van der Waals surface area contributed by atoms with Crippen molar-refractivity contribution in [1.29, 1.82) is 0 Å². The molecular formula is C26H49NO5. The number of primary amides is 1. The molecule has 6 heteroatoms. The Kier molecular flexibility index (Phi) is 16.5. The molecule has 1 heterocycles. The standard InChI is InChI=1S/C26H49NO5/c1-4-6-8-10-11-12-13-14-15-17-21(31-25(30-3)20-24(27)28)19-23-22(26(29)32-23)18-16-9-7-5-2/h21-23,25H,4-20H2,1-3H3,(H2,27,28)/t21-,22-,23-,25+/m0/s1. The van der Waals surface area contributed by atoms with Gasteiger partial charge in [0.2, 0.25) is 5.91 Å². The van der Waals surface area contributed by atoms with Crippen LogP contribution in [0.3, 0.4) is 0 Å². The highest BCUT2D eigenvalue weighted by Gasteiger charge is 2.43. The van der Waals surface area contributed by atoms with Crippen LogP contribution in [-0.2, 0) is 23.8 Å². The van der Waals surface area contributed by atoms with Gasteiger partial charge in [-0.15, -0.1) is 0 Å². The molecule has 1 amide bonds. The monoisotopic (exact) mass is 455 g/mol. The van der Waals surface area contributed by atoms with E-state index >= 15 is 0 Å². The molecule has 0 aromatic rings. The summed E-state index contributed by atoms with van der Waals surface area (Å²) in [5, 5.41) is 0. The Bertz CT molecular complexity index is 499. The first-order chi connectivity index (χ1) is 15.5. The van der Waals surface area contributed by atoms with Crippen LogP contribution >= 0.6 is 0 Å². The lowest BCUT2D eigenvalue weighted by Gasteiger charge is -2.38. The normalized spacial score (nSPS) is 19.9. The maximum absolute atomic E-state index is 12.0. The van der Waals surface area contributed by atoms with E-state index in [4.69, 9.17) is 19.9 Å². The second kappa shape index (κ2) is 18.3. The lowest BCUT2D eigenvalue weighted by atomic mass is 9.86. The minimum Gasteiger partial charge on any atom is -0.461 e. The van der Waals surface area contributed by atoms with Crippen LogP contribution in [-0.4, -0.2) is 37.5 Å². The van der Waals surface area contributed by atoms with Crippen LogP contribution in [0, 0.1) is 5.92 Å². The minimum absolute atomic E-state index is 0.0155. The van der Waals surface area contributed by atoms with Crippen LogP contribution < -0.4 is 5.73 Å². The highest BCUT2D eigenvalue weighted by atomic mass is 16.7. The lowest BCUT2D eigenvalue weighted by Crippen LogP contribution is -2.47. The van der Waals surface area contributed by atoms with Gasteiger partial charge in [-0.05, 0) is 12.8 Å². The van der Waals surface area contributed by atoms with E-state index in [0.29, 0.717) is 6.42 Å². The average molecular weight is 456 g/mol. The Labute approximate surface area is 196 Å². The third-order valence-corrected chi connectivity index (χ3v) is 6.49. The van der Waals surface area contributed by atoms with Gasteiger partial charge in [-0.25, -0.2) is 0 Å². The van der Waals surface area contributed by atoms with Crippen LogP contribution in [0.4, 0.5) is 0 Å². The molecule has 0 bridgehead atoms. The molecule has 6 nitrogen and oxygen atoms in total. The van der Waals surface area contributed by atoms with Gasteiger partial charge in [-0.2, -0.15) is 0 Å². The van der Waals surface area contributed by atoms with Crippen molar-refractivity contribution < 1.29 is 23.8 Å². The number of esters is 1. The summed E-state index contributed by atoms with van der Waals surface area (Å²) >= 11 is 0. The van der Waals surface area contributed by atoms with E-state index in [1.165, 1.54) is 71.3 Å². The summed E-state index contributed by atoms with van der Waals surface area (Å²) < 4.78 is 16.9. The second-order valence-corrected chi connectivity index (χ2v) is 9.38. The number of ether oxygens (including phenoxy) is 3. The van der Waals surface area contributed by atoms with Crippen LogP contribution in [0.15, 0.2) is 0 Å². The largest absolute Gasteiger partial charge is 0.461 e. The zero-order valence-electron chi connectivity index (χ0n) is 20.9.